The summed E-state index contributed by atoms with van der Waals surface area (Å²) in [4.78, 5) is 47.5. The lowest BCUT2D eigenvalue weighted by atomic mass is 10.2. The highest BCUT2D eigenvalue weighted by atomic mass is 35.5. The van der Waals surface area contributed by atoms with Crippen LogP contribution in [0.5, 0.6) is 5.75 Å². The fourth-order valence-electron chi connectivity index (χ4n) is 2.48. The number of hydrazine groups is 1. The maximum absolute atomic E-state index is 12.1. The Morgan fingerprint density at radius 3 is 2.41 bits per heavy atom. The summed E-state index contributed by atoms with van der Waals surface area (Å²) < 4.78 is 9.97. The van der Waals surface area contributed by atoms with Crippen LogP contribution in [0.1, 0.15) is 29.6 Å². The zero-order valence-corrected chi connectivity index (χ0v) is 18.6. The van der Waals surface area contributed by atoms with E-state index >= 15 is 0 Å². The zero-order chi connectivity index (χ0) is 23.5. The highest BCUT2D eigenvalue weighted by molar-refractivity contribution is 6.33. The van der Waals surface area contributed by atoms with Crippen molar-refractivity contribution in [1.82, 2.24) is 10.9 Å². The highest BCUT2D eigenvalue weighted by Gasteiger charge is 2.13. The molecule has 9 nitrogen and oxygen atoms in total. The number of ether oxygens (including phenoxy) is 2. The van der Waals surface area contributed by atoms with E-state index in [1.54, 1.807) is 30.3 Å². The summed E-state index contributed by atoms with van der Waals surface area (Å²) in [7, 11) is 1.47. The van der Waals surface area contributed by atoms with Gasteiger partial charge in [-0.25, -0.2) is 0 Å². The number of methoxy groups -OCH3 is 1. The van der Waals surface area contributed by atoms with Gasteiger partial charge >= 0.3 is 5.97 Å². The fourth-order valence-corrected chi connectivity index (χ4v) is 2.87. The zero-order valence-electron chi connectivity index (χ0n) is 17.1. The lowest BCUT2D eigenvalue weighted by Crippen LogP contribution is -2.43. The first-order valence-electron chi connectivity index (χ1n) is 9.43. The van der Waals surface area contributed by atoms with E-state index in [4.69, 9.17) is 32.7 Å². The van der Waals surface area contributed by atoms with Crippen molar-refractivity contribution in [1.29, 1.82) is 0 Å². The number of hydrogen-bond acceptors (Lipinski definition) is 6. The van der Waals surface area contributed by atoms with Crippen molar-refractivity contribution < 1.29 is 28.7 Å². The number of anilines is 1. The average molecular weight is 482 g/mol. The second-order valence-corrected chi connectivity index (χ2v) is 7.23. The number of carbonyl (C=O) groups is 4. The third kappa shape index (κ3) is 8.09. The number of carbonyl (C=O) groups excluding carboxylic acids is 4. The molecule has 32 heavy (non-hydrogen) atoms. The summed E-state index contributed by atoms with van der Waals surface area (Å²) in [6.45, 7) is -0.590. The lowest BCUT2D eigenvalue weighted by molar-refractivity contribution is -0.148. The summed E-state index contributed by atoms with van der Waals surface area (Å²) in [5.41, 5.74) is 4.89. The van der Waals surface area contributed by atoms with Gasteiger partial charge in [-0.1, -0.05) is 35.3 Å². The molecule has 3 N–H and O–H groups in total. The summed E-state index contributed by atoms with van der Waals surface area (Å²) in [6.07, 6.45) is 0.183. The first-order valence-corrected chi connectivity index (χ1v) is 10.2. The van der Waals surface area contributed by atoms with Crippen molar-refractivity contribution in [3.8, 4) is 5.75 Å². The summed E-state index contributed by atoms with van der Waals surface area (Å²) in [5, 5.41) is 3.32. The minimum absolute atomic E-state index is 0.0465. The maximum Gasteiger partial charge on any atom is 0.306 e. The summed E-state index contributed by atoms with van der Waals surface area (Å²) in [5.74, 6) is -1.89. The van der Waals surface area contributed by atoms with E-state index in [0.29, 0.717) is 16.5 Å². The Kier molecular flexibility index (Phi) is 9.77. The van der Waals surface area contributed by atoms with Crippen LogP contribution in [0, 0.1) is 0 Å². The van der Waals surface area contributed by atoms with Gasteiger partial charge in [0, 0.05) is 17.9 Å². The van der Waals surface area contributed by atoms with Gasteiger partial charge in [-0.15, -0.1) is 0 Å². The molecule has 0 spiro atoms. The Morgan fingerprint density at radius 2 is 1.69 bits per heavy atom. The molecule has 0 radical (unpaired) electrons. The molecule has 0 aliphatic rings. The molecule has 11 heteroatoms. The van der Waals surface area contributed by atoms with Crippen LogP contribution in [-0.4, -0.2) is 37.4 Å². The van der Waals surface area contributed by atoms with E-state index in [0.717, 1.165) is 0 Å². The monoisotopic (exact) mass is 481 g/mol. The van der Waals surface area contributed by atoms with Crippen molar-refractivity contribution in [2.45, 2.75) is 19.3 Å². The molecule has 0 aromatic heterocycles. The molecule has 170 valence electrons. The van der Waals surface area contributed by atoms with Crippen LogP contribution >= 0.6 is 23.2 Å². The van der Waals surface area contributed by atoms with Crippen LogP contribution in [0.4, 0.5) is 5.69 Å². The molecule has 2 rings (SSSR count). The molecule has 2 aromatic carbocycles. The Labute approximate surface area is 194 Å². The third-order valence-electron chi connectivity index (χ3n) is 4.02. The average Bonchev–Trinajstić information content (AvgIpc) is 2.76. The van der Waals surface area contributed by atoms with Gasteiger partial charge in [-0.05, 0) is 36.8 Å². The standard InChI is InChI=1S/C21H21Cl2N3O6/c1-31-17-10-9-13(22)11-16(17)24-18(27)7-4-8-20(29)32-12-19(28)25-26-21(30)14-5-2-3-6-15(14)23/h2-3,5-6,9-11H,4,7-8,12H2,1H3,(H,24,27)(H,25,28)(H,26,30). The van der Waals surface area contributed by atoms with E-state index in [-0.39, 0.29) is 35.8 Å². The SMILES string of the molecule is COc1ccc(Cl)cc1NC(=O)CCCC(=O)OCC(=O)NNC(=O)c1ccccc1Cl. The van der Waals surface area contributed by atoms with E-state index in [1.165, 1.54) is 19.2 Å². The van der Waals surface area contributed by atoms with Gasteiger partial charge in [-0.3, -0.25) is 30.0 Å². The van der Waals surface area contributed by atoms with Crippen LogP contribution in [0.2, 0.25) is 10.0 Å². The molecule has 2 aromatic rings. The van der Waals surface area contributed by atoms with Crippen molar-refractivity contribution in [2.75, 3.05) is 19.0 Å². The Bertz CT molecular complexity index is 999. The van der Waals surface area contributed by atoms with Gasteiger partial charge in [0.25, 0.3) is 11.8 Å². The fraction of sp³-hybridized carbons (Fsp3) is 0.238. The van der Waals surface area contributed by atoms with Crippen molar-refractivity contribution >= 4 is 52.6 Å². The molecular weight excluding hydrogens is 461 g/mol. The quantitative estimate of drug-likeness (QED) is 0.373. The molecule has 0 aliphatic heterocycles. The van der Waals surface area contributed by atoms with Crippen LogP contribution in [0.15, 0.2) is 42.5 Å². The second-order valence-electron chi connectivity index (χ2n) is 6.39. The van der Waals surface area contributed by atoms with Crippen molar-refractivity contribution in [3.63, 3.8) is 0 Å². The predicted octanol–water partition coefficient (Wildman–Crippen LogP) is 3.12. The largest absolute Gasteiger partial charge is 0.495 e. The first-order chi connectivity index (χ1) is 15.3. The molecule has 0 fully saturated rings. The smallest absolute Gasteiger partial charge is 0.306 e. The molecule has 0 bridgehead atoms. The van der Waals surface area contributed by atoms with Gasteiger partial charge in [-0.2, -0.15) is 0 Å². The van der Waals surface area contributed by atoms with Crippen LogP contribution in [-0.2, 0) is 19.1 Å². The van der Waals surface area contributed by atoms with Crippen molar-refractivity contribution in [2.24, 2.45) is 0 Å². The molecule has 0 aliphatic carbocycles. The summed E-state index contributed by atoms with van der Waals surface area (Å²) >= 11 is 11.8. The number of halogens is 2. The second kappa shape index (κ2) is 12.5. The number of esters is 1. The molecule has 0 unspecified atom stereocenters. The normalized spacial score (nSPS) is 10.1. The van der Waals surface area contributed by atoms with Crippen LogP contribution < -0.4 is 20.9 Å². The van der Waals surface area contributed by atoms with E-state index in [9.17, 15) is 19.2 Å². The number of rotatable bonds is 9. The number of nitrogens with one attached hydrogen (secondary N) is 3. The van der Waals surface area contributed by atoms with Crippen molar-refractivity contribution in [3.05, 3.63) is 58.1 Å². The van der Waals surface area contributed by atoms with Gasteiger partial charge in [0.2, 0.25) is 5.91 Å². The van der Waals surface area contributed by atoms with Gasteiger partial charge in [0.05, 0.1) is 23.4 Å². The molecule has 0 saturated heterocycles. The Morgan fingerprint density at radius 1 is 0.938 bits per heavy atom. The molecular formula is C21H21Cl2N3O6. The summed E-state index contributed by atoms with van der Waals surface area (Å²) in [6, 6.07) is 11.1. The van der Waals surface area contributed by atoms with E-state index in [1.807, 2.05) is 0 Å². The molecule has 0 atom stereocenters. The number of hydrogen-bond donors (Lipinski definition) is 3. The van der Waals surface area contributed by atoms with E-state index < -0.39 is 24.4 Å². The Balaban J connectivity index is 1.65. The minimum Gasteiger partial charge on any atom is -0.495 e. The first kappa shape index (κ1) is 25.0. The molecule has 0 heterocycles. The predicted molar refractivity (Wildman–Crippen MR) is 119 cm³/mol. The third-order valence-corrected chi connectivity index (χ3v) is 4.58. The minimum atomic E-state index is -0.732. The molecule has 3 amide bonds. The van der Waals surface area contributed by atoms with Gasteiger partial charge in [0.1, 0.15) is 5.75 Å². The van der Waals surface area contributed by atoms with Gasteiger partial charge < -0.3 is 14.8 Å². The lowest BCUT2D eigenvalue weighted by Gasteiger charge is -2.10. The highest BCUT2D eigenvalue weighted by Crippen LogP contribution is 2.27. The number of benzene rings is 2. The van der Waals surface area contributed by atoms with Gasteiger partial charge in [0.15, 0.2) is 6.61 Å². The van der Waals surface area contributed by atoms with E-state index in [2.05, 4.69) is 16.2 Å². The Hall–Kier alpha value is -3.30. The number of amides is 3. The maximum atomic E-state index is 12.1. The van der Waals surface area contributed by atoms with Crippen LogP contribution in [0.25, 0.3) is 0 Å². The molecule has 0 saturated carbocycles. The van der Waals surface area contributed by atoms with Crippen LogP contribution in [0.3, 0.4) is 0 Å². The topological polar surface area (TPSA) is 123 Å².